The minimum absolute atomic E-state index is 0.0153. The summed E-state index contributed by atoms with van der Waals surface area (Å²) in [6.45, 7) is 19.6. The number of rotatable bonds is 21. The number of carbonyl (C=O) groups is 2. The van der Waals surface area contributed by atoms with Crippen LogP contribution in [0.25, 0.3) is 44.6 Å². The Kier molecular flexibility index (Phi) is 21.7. The van der Waals surface area contributed by atoms with Gasteiger partial charge in [-0.1, -0.05) is 46.3 Å². The minimum atomic E-state index is -0.708. The van der Waals surface area contributed by atoms with Gasteiger partial charge in [0.25, 0.3) is 0 Å². The van der Waals surface area contributed by atoms with Crippen molar-refractivity contribution in [2.75, 3.05) is 27.4 Å². The van der Waals surface area contributed by atoms with E-state index in [1.54, 1.807) is 141 Å². The van der Waals surface area contributed by atoms with Crippen LogP contribution in [0.5, 0.6) is 11.8 Å². The molecule has 0 aliphatic carbocycles. The first-order chi connectivity index (χ1) is 46.4. The Morgan fingerprint density at radius 3 is 1.33 bits per heavy atom. The molecule has 6 aromatic carbocycles. The number of benzene rings is 6. The molecule has 0 saturated carbocycles. The number of esters is 2. The Labute approximate surface area is 572 Å². The van der Waals surface area contributed by atoms with Crippen molar-refractivity contribution in [1.29, 1.82) is 0 Å². The minimum Gasteiger partial charge on any atom is -0.473 e. The molecule has 0 unspecified atom stereocenters. The van der Waals surface area contributed by atoms with Crippen LogP contribution in [0, 0.1) is 34.9 Å². The lowest BCUT2D eigenvalue weighted by Crippen LogP contribution is -2.41. The first-order valence-corrected chi connectivity index (χ1v) is 32.3. The maximum absolute atomic E-state index is 15.7. The number of hydrogen-bond donors (Lipinski definition) is 0. The lowest BCUT2D eigenvalue weighted by atomic mass is 9.79. The van der Waals surface area contributed by atoms with E-state index in [1.807, 2.05) is 36.8 Å². The van der Waals surface area contributed by atoms with Crippen LogP contribution >= 0.6 is 15.9 Å². The molecule has 4 aromatic heterocycles. The smallest absolute Gasteiger partial charge is 0.473 e. The Morgan fingerprint density at radius 2 is 0.918 bits per heavy atom. The van der Waals surface area contributed by atoms with Crippen molar-refractivity contribution in [3.8, 4) is 34.3 Å². The predicted molar refractivity (Wildman–Crippen MR) is 363 cm³/mol. The molecular weight excluding hydrogens is 1340 g/mol. The zero-order valence-electron chi connectivity index (χ0n) is 56.3. The Hall–Kier alpha value is -8.94. The van der Waals surface area contributed by atoms with Crippen molar-refractivity contribution in [2.24, 2.45) is 0 Å². The predicted octanol–water partition coefficient (Wildman–Crippen LogP) is 15.6. The molecule has 1 fully saturated rings. The number of nitrogens with zero attached hydrogens (tertiary/aromatic N) is 6. The Bertz CT molecular complexity index is 4590. The number of imidazole rings is 2. The van der Waals surface area contributed by atoms with Crippen LogP contribution in [0.15, 0.2) is 138 Å². The molecule has 11 rings (SSSR count). The molecule has 5 heterocycles. The lowest BCUT2D eigenvalue weighted by molar-refractivity contribution is 0.00571. The average Bonchev–Trinajstić information content (AvgIpc) is 1.62. The van der Waals surface area contributed by atoms with Crippen molar-refractivity contribution in [3.05, 3.63) is 218 Å². The third-order valence-electron chi connectivity index (χ3n) is 16.3. The van der Waals surface area contributed by atoms with Crippen molar-refractivity contribution in [2.45, 2.75) is 131 Å². The van der Waals surface area contributed by atoms with E-state index in [9.17, 15) is 14.0 Å². The van der Waals surface area contributed by atoms with E-state index in [1.165, 1.54) is 24.3 Å². The summed E-state index contributed by atoms with van der Waals surface area (Å²) in [5.74, 6) is -3.38. The number of fused-ring (bicyclic) bond motifs is 2. The molecular formula is C74H74BBrF6N6O10. The normalized spacial score (nSPS) is 13.6. The standard InChI is InChI=1S/C40H43BF3N3O6.C34H31BrF3N3O4/c1-38(2,3)51-37(48)24-13-15-33-34(19-24)47(16-17-49-8)35(45-33)20-26-18-31(44)28(22-30(26)43)32-10-9-11-36(46-32)50-23-25-12-14-27(21-29(25)42)41-52-39(4,5)40(6,7)53-41;1-34(2,3)45-33(42)20-9-11-29-30(15-20)41(12-13-43-4)31(39-29)16-22-14-27(38)24(18-26(22)37)28-6-5-7-32(40-28)44-19-21-8-10-23(35)17-25(21)36/h9-15,18-19,21-22H,16-17,20,23H2,1-8H3;5-11,14-15,17-18H,12-13,16,19H2,1-4H3. The summed E-state index contributed by atoms with van der Waals surface area (Å²) in [4.78, 5) is 43.5. The monoisotopic (exact) mass is 1410 g/mol. The van der Waals surface area contributed by atoms with Gasteiger partial charge in [0.2, 0.25) is 11.8 Å². The second kappa shape index (κ2) is 29.6. The quantitative estimate of drug-likeness (QED) is 0.0378. The molecule has 24 heteroatoms. The van der Waals surface area contributed by atoms with Gasteiger partial charge in [0, 0.05) is 79.0 Å². The molecule has 98 heavy (non-hydrogen) atoms. The molecule has 512 valence electrons. The number of ether oxygens (including phenoxy) is 6. The second-order valence-electron chi connectivity index (χ2n) is 26.4. The highest BCUT2D eigenvalue weighted by Crippen LogP contribution is 2.37. The summed E-state index contributed by atoms with van der Waals surface area (Å²) >= 11 is 3.22. The maximum atomic E-state index is 15.7. The Balaban J connectivity index is 0.000000215. The molecule has 10 aromatic rings. The van der Waals surface area contributed by atoms with Gasteiger partial charge in [-0.15, -0.1) is 0 Å². The van der Waals surface area contributed by atoms with E-state index >= 15 is 22.0 Å². The molecule has 0 bridgehead atoms. The number of hydrogen-bond acceptors (Lipinski definition) is 14. The fourth-order valence-corrected chi connectivity index (χ4v) is 11.0. The number of methoxy groups -OCH3 is 2. The van der Waals surface area contributed by atoms with Crippen molar-refractivity contribution >= 4 is 62.5 Å². The average molecular weight is 1410 g/mol. The van der Waals surface area contributed by atoms with E-state index in [0.717, 1.165) is 24.3 Å². The van der Waals surface area contributed by atoms with E-state index in [4.69, 9.17) is 37.7 Å². The molecule has 1 saturated heterocycles. The molecule has 0 amide bonds. The molecule has 16 nitrogen and oxygen atoms in total. The van der Waals surface area contributed by atoms with Gasteiger partial charge in [-0.2, -0.15) is 0 Å². The second-order valence-corrected chi connectivity index (χ2v) is 27.3. The van der Waals surface area contributed by atoms with Crippen molar-refractivity contribution in [3.63, 3.8) is 0 Å². The fraction of sp³-hybridized carbons (Fsp3) is 0.324. The van der Waals surface area contributed by atoms with Gasteiger partial charge in [-0.3, -0.25) is 0 Å². The van der Waals surface area contributed by atoms with Crippen LogP contribution in [0.2, 0.25) is 0 Å². The van der Waals surface area contributed by atoms with Gasteiger partial charge in [-0.25, -0.2) is 55.9 Å². The van der Waals surface area contributed by atoms with E-state index in [-0.39, 0.29) is 77.0 Å². The number of pyridine rings is 2. The van der Waals surface area contributed by atoms with Gasteiger partial charge < -0.3 is 46.9 Å². The van der Waals surface area contributed by atoms with Crippen molar-refractivity contribution in [1.82, 2.24) is 29.1 Å². The van der Waals surface area contributed by atoms with Crippen LogP contribution in [0.3, 0.4) is 0 Å². The molecule has 1 aliphatic heterocycles. The van der Waals surface area contributed by atoms with Crippen LogP contribution in [0.1, 0.15) is 124 Å². The summed E-state index contributed by atoms with van der Waals surface area (Å²) in [6.07, 6.45) is -0.0445. The summed E-state index contributed by atoms with van der Waals surface area (Å²) in [5.41, 5.74) is 2.21. The van der Waals surface area contributed by atoms with Crippen LogP contribution in [-0.4, -0.2) is 98.0 Å². The largest absolute Gasteiger partial charge is 0.494 e. The first-order valence-electron chi connectivity index (χ1n) is 31.5. The van der Waals surface area contributed by atoms with E-state index in [2.05, 4.69) is 35.9 Å². The third kappa shape index (κ3) is 17.1. The SMILES string of the molecule is COCCn1c(Cc2cc(F)c(-c3cccc(OCc4ccc(B5OC(C)(C)C(C)(C)O5)cc4F)n3)cc2F)nc2ccc(C(=O)OC(C)(C)C)cc21.COCCn1c(Cc2cc(F)c(-c3cccc(OCc4ccc(Br)cc4F)n3)cc2F)nc2ccc(C(=O)OC(C)(C)C)cc21. The topological polar surface area (TPSA) is 169 Å². The highest BCUT2D eigenvalue weighted by molar-refractivity contribution is 9.10. The number of halogens is 7. The zero-order valence-corrected chi connectivity index (χ0v) is 57.9. The molecule has 0 atom stereocenters. The summed E-state index contributed by atoms with van der Waals surface area (Å²) < 4.78 is 141. The zero-order chi connectivity index (χ0) is 70.6. The lowest BCUT2D eigenvalue weighted by Gasteiger charge is -2.32. The molecule has 0 N–H and O–H groups in total. The molecule has 0 spiro atoms. The molecule has 1 aliphatic rings. The summed E-state index contributed by atoms with van der Waals surface area (Å²) in [7, 11) is 2.41. The molecule has 0 radical (unpaired) electrons. The highest BCUT2D eigenvalue weighted by Gasteiger charge is 2.52. The van der Waals surface area contributed by atoms with E-state index in [0.29, 0.717) is 86.6 Å². The summed E-state index contributed by atoms with van der Waals surface area (Å²) in [6, 6.07) is 33.1. The van der Waals surface area contributed by atoms with Gasteiger partial charge in [0.1, 0.15) is 71.0 Å². The van der Waals surface area contributed by atoms with Gasteiger partial charge >= 0.3 is 19.1 Å². The van der Waals surface area contributed by atoms with Crippen molar-refractivity contribution < 1.29 is 73.7 Å². The maximum Gasteiger partial charge on any atom is 0.494 e. The van der Waals surface area contributed by atoms with Crippen LogP contribution in [-0.2, 0) is 67.4 Å². The number of carbonyl (C=O) groups excluding carboxylic acids is 2. The highest BCUT2D eigenvalue weighted by atomic mass is 79.9. The van der Waals surface area contributed by atoms with E-state index < -0.39 is 76.4 Å². The first kappa shape index (κ1) is 71.8. The van der Waals surface area contributed by atoms with Gasteiger partial charge in [0.05, 0.1) is 69.0 Å². The van der Waals surface area contributed by atoms with Crippen LogP contribution in [0.4, 0.5) is 26.3 Å². The third-order valence-corrected chi connectivity index (χ3v) is 16.8. The van der Waals surface area contributed by atoms with Crippen LogP contribution < -0.4 is 14.9 Å². The number of aromatic nitrogens is 6. The van der Waals surface area contributed by atoms with Gasteiger partial charge in [-0.05, 0) is 177 Å². The fourth-order valence-electron chi connectivity index (χ4n) is 10.6. The van der Waals surface area contributed by atoms with Gasteiger partial charge in [0.15, 0.2) is 0 Å². The summed E-state index contributed by atoms with van der Waals surface area (Å²) in [5, 5.41) is 0. The Morgan fingerprint density at radius 1 is 0.500 bits per heavy atom.